The monoisotopic (exact) mass is 252 g/mol. The summed E-state index contributed by atoms with van der Waals surface area (Å²) >= 11 is 0. The molecule has 0 aliphatic carbocycles. The number of rotatable bonds is 6. The molecule has 100 valence electrons. The van der Waals surface area contributed by atoms with Crippen LogP contribution in [0.5, 0.6) is 5.75 Å². The van der Waals surface area contributed by atoms with Crippen LogP contribution in [0.1, 0.15) is 19.3 Å². The Balaban J connectivity index is 1.75. The second kappa shape index (κ2) is 6.59. The molecule has 1 aromatic carbocycles. The molecule has 0 atom stereocenters. The molecule has 1 aliphatic rings. The number of likely N-dealkylation sites (tertiary alicyclic amines) is 1. The van der Waals surface area contributed by atoms with Crippen LogP contribution in [-0.4, -0.2) is 38.2 Å². The second-order valence-electron chi connectivity index (χ2n) is 4.67. The largest absolute Gasteiger partial charge is 0.494 e. The van der Waals surface area contributed by atoms with Crippen LogP contribution in [-0.2, 0) is 0 Å². The van der Waals surface area contributed by atoms with Crippen LogP contribution in [0.3, 0.4) is 0 Å². The Morgan fingerprint density at radius 1 is 1.33 bits per heavy atom. The van der Waals surface area contributed by atoms with E-state index in [0.717, 1.165) is 25.2 Å². The van der Waals surface area contributed by atoms with Crippen molar-refractivity contribution in [1.82, 2.24) is 4.90 Å². The van der Waals surface area contributed by atoms with Crippen molar-refractivity contribution in [2.75, 3.05) is 38.6 Å². The zero-order valence-corrected chi connectivity index (χ0v) is 10.9. The first kappa shape index (κ1) is 13.1. The fourth-order valence-electron chi connectivity index (χ4n) is 2.34. The minimum atomic E-state index is -0.269. The lowest BCUT2D eigenvalue weighted by Gasteiger charge is -2.15. The molecule has 1 aliphatic heterocycles. The first-order chi connectivity index (χ1) is 8.79. The summed E-state index contributed by atoms with van der Waals surface area (Å²) in [5, 5.41) is 3.30. The lowest BCUT2D eigenvalue weighted by atomic mass is 10.2. The summed E-state index contributed by atoms with van der Waals surface area (Å²) in [4.78, 5) is 2.49. The minimum absolute atomic E-state index is 0.269. The van der Waals surface area contributed by atoms with E-state index in [1.807, 2.05) is 0 Å². The number of nitrogens with one attached hydrogen (secondary N) is 1. The van der Waals surface area contributed by atoms with Crippen molar-refractivity contribution >= 4 is 5.69 Å². The van der Waals surface area contributed by atoms with E-state index in [1.165, 1.54) is 38.1 Å². The molecule has 1 aromatic rings. The zero-order chi connectivity index (χ0) is 12.8. The fraction of sp³-hybridized carbons (Fsp3) is 0.571. The molecular weight excluding hydrogens is 231 g/mol. The molecule has 0 aromatic heterocycles. The third-order valence-electron chi connectivity index (χ3n) is 3.33. The molecule has 1 heterocycles. The van der Waals surface area contributed by atoms with Gasteiger partial charge < -0.3 is 15.0 Å². The molecule has 18 heavy (non-hydrogen) atoms. The van der Waals surface area contributed by atoms with E-state index >= 15 is 0 Å². The van der Waals surface area contributed by atoms with Crippen LogP contribution < -0.4 is 10.1 Å². The Morgan fingerprint density at radius 2 is 2.11 bits per heavy atom. The van der Waals surface area contributed by atoms with Crippen molar-refractivity contribution in [2.24, 2.45) is 0 Å². The molecular formula is C14H21FN2O. The average Bonchev–Trinajstić information content (AvgIpc) is 2.89. The quantitative estimate of drug-likeness (QED) is 0.788. The van der Waals surface area contributed by atoms with E-state index < -0.39 is 0 Å². The van der Waals surface area contributed by atoms with E-state index in [2.05, 4.69) is 10.2 Å². The van der Waals surface area contributed by atoms with Gasteiger partial charge >= 0.3 is 0 Å². The highest BCUT2D eigenvalue weighted by molar-refractivity contribution is 5.56. The Morgan fingerprint density at radius 3 is 2.83 bits per heavy atom. The van der Waals surface area contributed by atoms with Crippen LogP contribution in [0.15, 0.2) is 18.2 Å². The van der Waals surface area contributed by atoms with Gasteiger partial charge in [0.25, 0.3) is 0 Å². The molecule has 0 unspecified atom stereocenters. The van der Waals surface area contributed by atoms with Crippen molar-refractivity contribution in [3.05, 3.63) is 24.0 Å². The van der Waals surface area contributed by atoms with Crippen molar-refractivity contribution in [1.29, 1.82) is 0 Å². The number of anilines is 1. The number of hydrogen-bond donors (Lipinski definition) is 1. The van der Waals surface area contributed by atoms with Crippen molar-refractivity contribution in [3.8, 4) is 5.75 Å². The van der Waals surface area contributed by atoms with Gasteiger partial charge in [0.05, 0.1) is 12.8 Å². The van der Waals surface area contributed by atoms with Gasteiger partial charge in [0, 0.05) is 12.6 Å². The molecule has 0 saturated carbocycles. The second-order valence-corrected chi connectivity index (χ2v) is 4.67. The lowest BCUT2D eigenvalue weighted by molar-refractivity contribution is 0.337. The predicted octanol–water partition coefficient (Wildman–Crippen LogP) is 2.73. The lowest BCUT2D eigenvalue weighted by Crippen LogP contribution is -2.22. The fourth-order valence-corrected chi connectivity index (χ4v) is 2.34. The van der Waals surface area contributed by atoms with Gasteiger partial charge in [0.1, 0.15) is 11.6 Å². The zero-order valence-electron chi connectivity index (χ0n) is 10.9. The summed E-state index contributed by atoms with van der Waals surface area (Å²) in [6.07, 6.45) is 3.76. The highest BCUT2D eigenvalue weighted by Crippen LogP contribution is 2.24. The summed E-state index contributed by atoms with van der Waals surface area (Å²) in [6, 6.07) is 4.58. The highest BCUT2D eigenvalue weighted by atomic mass is 19.1. The van der Waals surface area contributed by atoms with Crippen molar-refractivity contribution < 1.29 is 9.13 Å². The topological polar surface area (TPSA) is 24.5 Å². The van der Waals surface area contributed by atoms with E-state index in [0.29, 0.717) is 5.75 Å². The number of benzene rings is 1. The van der Waals surface area contributed by atoms with Gasteiger partial charge in [-0.05, 0) is 51.0 Å². The van der Waals surface area contributed by atoms with E-state index in [4.69, 9.17) is 4.74 Å². The third kappa shape index (κ3) is 3.60. The van der Waals surface area contributed by atoms with Crippen LogP contribution in [0, 0.1) is 5.82 Å². The predicted molar refractivity (Wildman–Crippen MR) is 71.7 cm³/mol. The van der Waals surface area contributed by atoms with Gasteiger partial charge in [-0.3, -0.25) is 0 Å². The number of methoxy groups -OCH3 is 1. The normalized spacial score (nSPS) is 15.9. The maximum absolute atomic E-state index is 13.0. The van der Waals surface area contributed by atoms with E-state index in [-0.39, 0.29) is 5.82 Å². The maximum Gasteiger partial charge on any atom is 0.144 e. The van der Waals surface area contributed by atoms with Gasteiger partial charge in [0.15, 0.2) is 0 Å². The molecule has 1 saturated heterocycles. The van der Waals surface area contributed by atoms with E-state index in [1.54, 1.807) is 13.2 Å². The minimum Gasteiger partial charge on any atom is -0.494 e. The first-order valence-electron chi connectivity index (χ1n) is 6.59. The Bertz CT molecular complexity index is 378. The van der Waals surface area contributed by atoms with Crippen molar-refractivity contribution in [3.63, 3.8) is 0 Å². The van der Waals surface area contributed by atoms with Gasteiger partial charge in [-0.1, -0.05) is 0 Å². The average molecular weight is 252 g/mol. The number of nitrogens with zero attached hydrogens (tertiary/aromatic N) is 1. The summed E-state index contributed by atoms with van der Waals surface area (Å²) in [6.45, 7) is 4.49. The summed E-state index contributed by atoms with van der Waals surface area (Å²) < 4.78 is 18.2. The van der Waals surface area contributed by atoms with Crippen molar-refractivity contribution in [2.45, 2.75) is 19.3 Å². The SMILES string of the molecule is COc1cc(F)ccc1NCCCN1CCCC1. The first-order valence-corrected chi connectivity index (χ1v) is 6.59. The molecule has 3 nitrogen and oxygen atoms in total. The molecule has 1 N–H and O–H groups in total. The third-order valence-corrected chi connectivity index (χ3v) is 3.33. The van der Waals surface area contributed by atoms with Gasteiger partial charge in [-0.25, -0.2) is 4.39 Å². The maximum atomic E-state index is 13.0. The number of halogens is 1. The molecule has 0 radical (unpaired) electrons. The molecule has 0 bridgehead atoms. The van der Waals surface area contributed by atoms with Crippen LogP contribution in [0.4, 0.5) is 10.1 Å². The van der Waals surface area contributed by atoms with Gasteiger partial charge in [-0.15, -0.1) is 0 Å². The standard InChI is InChI=1S/C14H21FN2O/c1-18-14-11-12(15)5-6-13(14)16-7-4-10-17-8-2-3-9-17/h5-6,11,16H,2-4,7-10H2,1H3. The van der Waals surface area contributed by atoms with Crippen LogP contribution in [0.2, 0.25) is 0 Å². The number of hydrogen-bond acceptors (Lipinski definition) is 3. The van der Waals surface area contributed by atoms with E-state index in [9.17, 15) is 4.39 Å². The summed E-state index contributed by atoms with van der Waals surface area (Å²) in [7, 11) is 1.56. The van der Waals surface area contributed by atoms with Crippen LogP contribution in [0.25, 0.3) is 0 Å². The summed E-state index contributed by atoms with van der Waals surface area (Å²) in [5.41, 5.74) is 0.861. The Kier molecular flexibility index (Phi) is 4.81. The molecule has 0 spiro atoms. The van der Waals surface area contributed by atoms with Gasteiger partial charge in [0.2, 0.25) is 0 Å². The Hall–Kier alpha value is -1.29. The molecule has 2 rings (SSSR count). The van der Waals surface area contributed by atoms with Gasteiger partial charge in [-0.2, -0.15) is 0 Å². The molecule has 1 fully saturated rings. The number of ether oxygens (including phenoxy) is 1. The highest BCUT2D eigenvalue weighted by Gasteiger charge is 2.10. The smallest absolute Gasteiger partial charge is 0.144 e. The Labute approximate surface area is 108 Å². The summed E-state index contributed by atoms with van der Waals surface area (Å²) in [5.74, 6) is 0.297. The molecule has 0 amide bonds. The molecule has 4 heteroatoms. The van der Waals surface area contributed by atoms with Crippen LogP contribution >= 0.6 is 0 Å².